The van der Waals surface area contributed by atoms with Crippen LogP contribution in [-0.2, 0) is 6.42 Å². The molecule has 0 amide bonds. The first kappa shape index (κ1) is 9.12. The second kappa shape index (κ2) is 3.74. The monoisotopic (exact) mass is 198 g/mol. The Morgan fingerprint density at radius 2 is 2.54 bits per heavy atom. The molecule has 1 aromatic rings. The number of aliphatic hydroxyl groups is 1. The molecule has 3 nitrogen and oxygen atoms in total. The molecule has 0 aliphatic carbocycles. The molecule has 4 heteroatoms. The molecule has 0 spiro atoms. The Bertz CT molecular complexity index is 287. The van der Waals surface area contributed by atoms with Crippen molar-refractivity contribution in [2.24, 2.45) is 5.92 Å². The van der Waals surface area contributed by atoms with Gasteiger partial charge in [-0.25, -0.2) is 4.98 Å². The smallest absolute Gasteiger partial charge is 0.0897 e. The van der Waals surface area contributed by atoms with E-state index < -0.39 is 0 Å². The van der Waals surface area contributed by atoms with Gasteiger partial charge in [0.2, 0.25) is 0 Å². The molecule has 1 aliphatic heterocycles. The van der Waals surface area contributed by atoms with Crippen molar-refractivity contribution in [1.82, 2.24) is 10.3 Å². The minimum Gasteiger partial charge on any atom is -0.391 e. The Labute approximate surface area is 81.8 Å². The summed E-state index contributed by atoms with van der Waals surface area (Å²) in [5.74, 6) is 0.349. The molecule has 1 fully saturated rings. The third-order valence-electron chi connectivity index (χ3n) is 2.44. The Hall–Kier alpha value is -0.450. The number of aliphatic hydroxyl groups excluding tert-OH is 1. The van der Waals surface area contributed by atoms with Gasteiger partial charge >= 0.3 is 0 Å². The van der Waals surface area contributed by atoms with E-state index in [1.807, 2.05) is 6.92 Å². The van der Waals surface area contributed by atoms with E-state index in [0.717, 1.165) is 30.2 Å². The van der Waals surface area contributed by atoms with E-state index in [-0.39, 0.29) is 6.10 Å². The first-order valence-electron chi connectivity index (χ1n) is 4.55. The molecule has 0 aromatic carbocycles. The second-order valence-electron chi connectivity index (χ2n) is 3.55. The van der Waals surface area contributed by atoms with E-state index in [2.05, 4.69) is 15.7 Å². The van der Waals surface area contributed by atoms with Crippen LogP contribution in [0.2, 0.25) is 0 Å². The van der Waals surface area contributed by atoms with Crippen molar-refractivity contribution < 1.29 is 5.11 Å². The van der Waals surface area contributed by atoms with Gasteiger partial charge in [-0.05, 0) is 13.3 Å². The molecule has 13 heavy (non-hydrogen) atoms. The molecule has 1 aliphatic rings. The van der Waals surface area contributed by atoms with Gasteiger partial charge in [-0.3, -0.25) is 0 Å². The standard InChI is InChI=1S/C9H14N2OS/c1-6-11-8(5-13-6)2-7-3-10-4-9(7)12/h5,7,9-10,12H,2-4H2,1H3. The van der Waals surface area contributed by atoms with E-state index in [1.54, 1.807) is 11.3 Å². The minimum atomic E-state index is -0.193. The van der Waals surface area contributed by atoms with Crippen LogP contribution in [0.25, 0.3) is 0 Å². The third-order valence-corrected chi connectivity index (χ3v) is 3.26. The van der Waals surface area contributed by atoms with Crippen LogP contribution < -0.4 is 5.32 Å². The van der Waals surface area contributed by atoms with Crippen LogP contribution in [0.4, 0.5) is 0 Å². The van der Waals surface area contributed by atoms with Crippen molar-refractivity contribution >= 4 is 11.3 Å². The number of hydrogen-bond acceptors (Lipinski definition) is 4. The summed E-state index contributed by atoms with van der Waals surface area (Å²) in [4.78, 5) is 4.39. The van der Waals surface area contributed by atoms with Crippen molar-refractivity contribution in [3.63, 3.8) is 0 Å². The van der Waals surface area contributed by atoms with E-state index in [9.17, 15) is 5.11 Å². The zero-order valence-corrected chi connectivity index (χ0v) is 8.47. The predicted octanol–water partition coefficient (Wildman–Crippen LogP) is 0.574. The number of hydrogen-bond donors (Lipinski definition) is 2. The number of thiazole rings is 1. The van der Waals surface area contributed by atoms with Gasteiger partial charge in [0.1, 0.15) is 0 Å². The maximum Gasteiger partial charge on any atom is 0.0897 e. The minimum absolute atomic E-state index is 0.193. The van der Waals surface area contributed by atoms with Crippen molar-refractivity contribution in [2.75, 3.05) is 13.1 Å². The first-order chi connectivity index (χ1) is 6.25. The fraction of sp³-hybridized carbons (Fsp3) is 0.667. The van der Waals surface area contributed by atoms with E-state index in [4.69, 9.17) is 0 Å². The van der Waals surface area contributed by atoms with Crippen LogP contribution in [0.3, 0.4) is 0 Å². The number of aromatic nitrogens is 1. The molecule has 1 aromatic heterocycles. The summed E-state index contributed by atoms with van der Waals surface area (Å²) in [5, 5.41) is 15.9. The van der Waals surface area contributed by atoms with Crippen LogP contribution >= 0.6 is 11.3 Å². The molecule has 1 saturated heterocycles. The fourth-order valence-electron chi connectivity index (χ4n) is 1.70. The SMILES string of the molecule is Cc1nc(CC2CNCC2O)cs1. The molecule has 0 saturated carbocycles. The van der Waals surface area contributed by atoms with Crippen molar-refractivity contribution in [3.05, 3.63) is 16.1 Å². The summed E-state index contributed by atoms with van der Waals surface area (Å²) in [6.45, 7) is 3.66. The quantitative estimate of drug-likeness (QED) is 0.730. The van der Waals surface area contributed by atoms with Crippen LogP contribution in [0.1, 0.15) is 10.7 Å². The molecular formula is C9H14N2OS. The average molecular weight is 198 g/mol. The Kier molecular flexibility index (Phi) is 2.62. The number of β-amino-alcohol motifs (C(OH)–C–C–N with tert-alkyl or cyclic N) is 1. The lowest BCUT2D eigenvalue weighted by atomic mass is 10.0. The van der Waals surface area contributed by atoms with Crippen molar-refractivity contribution in [1.29, 1.82) is 0 Å². The van der Waals surface area contributed by atoms with Gasteiger partial charge in [-0.1, -0.05) is 0 Å². The molecular weight excluding hydrogens is 184 g/mol. The van der Waals surface area contributed by atoms with E-state index >= 15 is 0 Å². The summed E-state index contributed by atoms with van der Waals surface area (Å²) < 4.78 is 0. The molecule has 0 bridgehead atoms. The molecule has 2 rings (SSSR count). The number of aryl methyl sites for hydroxylation is 1. The lowest BCUT2D eigenvalue weighted by Gasteiger charge is -2.10. The predicted molar refractivity (Wildman–Crippen MR) is 52.9 cm³/mol. The summed E-state index contributed by atoms with van der Waals surface area (Å²) in [7, 11) is 0. The Morgan fingerprint density at radius 3 is 3.08 bits per heavy atom. The number of nitrogens with zero attached hydrogens (tertiary/aromatic N) is 1. The summed E-state index contributed by atoms with van der Waals surface area (Å²) in [6.07, 6.45) is 0.709. The van der Waals surface area contributed by atoms with E-state index in [0.29, 0.717) is 5.92 Å². The van der Waals surface area contributed by atoms with Crippen molar-refractivity contribution in [2.45, 2.75) is 19.4 Å². The number of nitrogens with one attached hydrogen (secondary N) is 1. The molecule has 72 valence electrons. The van der Waals surface area contributed by atoms with Gasteiger partial charge in [0.05, 0.1) is 16.8 Å². The molecule has 0 radical (unpaired) electrons. The Morgan fingerprint density at radius 1 is 1.69 bits per heavy atom. The molecule has 2 N–H and O–H groups in total. The fourth-order valence-corrected chi connectivity index (χ4v) is 2.32. The highest BCUT2D eigenvalue weighted by molar-refractivity contribution is 7.09. The third kappa shape index (κ3) is 2.07. The lowest BCUT2D eigenvalue weighted by Crippen LogP contribution is -2.20. The van der Waals surface area contributed by atoms with E-state index in [1.165, 1.54) is 0 Å². The topological polar surface area (TPSA) is 45.2 Å². The average Bonchev–Trinajstić information content (AvgIpc) is 2.64. The summed E-state index contributed by atoms with van der Waals surface area (Å²) in [6, 6.07) is 0. The van der Waals surface area contributed by atoms with Gasteiger partial charge in [0, 0.05) is 24.4 Å². The van der Waals surface area contributed by atoms with Gasteiger partial charge < -0.3 is 10.4 Å². The highest BCUT2D eigenvalue weighted by Gasteiger charge is 2.25. The maximum atomic E-state index is 9.57. The Balaban J connectivity index is 1.97. The molecule has 2 unspecified atom stereocenters. The van der Waals surface area contributed by atoms with Crippen LogP contribution in [0.15, 0.2) is 5.38 Å². The van der Waals surface area contributed by atoms with Gasteiger partial charge in [0.25, 0.3) is 0 Å². The zero-order valence-electron chi connectivity index (χ0n) is 7.66. The molecule has 2 atom stereocenters. The van der Waals surface area contributed by atoms with Crippen molar-refractivity contribution in [3.8, 4) is 0 Å². The second-order valence-corrected chi connectivity index (χ2v) is 4.61. The largest absolute Gasteiger partial charge is 0.391 e. The highest BCUT2D eigenvalue weighted by atomic mass is 32.1. The summed E-state index contributed by atoms with van der Waals surface area (Å²) in [5.41, 5.74) is 1.12. The lowest BCUT2D eigenvalue weighted by molar-refractivity contribution is 0.147. The number of rotatable bonds is 2. The van der Waals surface area contributed by atoms with Crippen LogP contribution in [0, 0.1) is 12.8 Å². The first-order valence-corrected chi connectivity index (χ1v) is 5.43. The van der Waals surface area contributed by atoms with Crippen LogP contribution in [0.5, 0.6) is 0 Å². The van der Waals surface area contributed by atoms with Gasteiger partial charge in [0.15, 0.2) is 0 Å². The normalized spacial score (nSPS) is 28.2. The van der Waals surface area contributed by atoms with Gasteiger partial charge in [-0.2, -0.15) is 0 Å². The zero-order chi connectivity index (χ0) is 9.26. The molecule has 2 heterocycles. The highest BCUT2D eigenvalue weighted by Crippen LogP contribution is 2.17. The maximum absolute atomic E-state index is 9.57. The van der Waals surface area contributed by atoms with Crippen LogP contribution in [-0.4, -0.2) is 29.3 Å². The summed E-state index contributed by atoms with van der Waals surface area (Å²) >= 11 is 1.68. The van der Waals surface area contributed by atoms with Gasteiger partial charge in [-0.15, -0.1) is 11.3 Å².